The van der Waals surface area contributed by atoms with Crippen LogP contribution in [0, 0.1) is 11.8 Å². The van der Waals surface area contributed by atoms with E-state index in [1.165, 1.54) is 6.42 Å². The minimum absolute atomic E-state index is 0.0281. The van der Waals surface area contributed by atoms with Crippen molar-refractivity contribution in [2.75, 3.05) is 26.2 Å². The molecule has 1 N–H and O–H groups in total. The lowest BCUT2D eigenvalue weighted by Crippen LogP contribution is -2.44. The summed E-state index contributed by atoms with van der Waals surface area (Å²) in [4.78, 5) is 26.7. The first-order valence-corrected chi connectivity index (χ1v) is 6.36. The van der Waals surface area contributed by atoms with E-state index in [2.05, 4.69) is 0 Å². The highest BCUT2D eigenvalue weighted by molar-refractivity contribution is 5.77. The van der Waals surface area contributed by atoms with Crippen molar-refractivity contribution in [1.82, 2.24) is 9.80 Å². The second-order valence-corrected chi connectivity index (χ2v) is 5.16. The van der Waals surface area contributed by atoms with Crippen molar-refractivity contribution in [2.24, 2.45) is 11.8 Å². The fourth-order valence-corrected chi connectivity index (χ4v) is 2.73. The molecule has 2 aliphatic heterocycles. The topological polar surface area (TPSA) is 60.9 Å². The third-order valence-corrected chi connectivity index (χ3v) is 3.83. The summed E-state index contributed by atoms with van der Waals surface area (Å²) in [6.07, 6.45) is 3.33. The molecule has 2 unspecified atom stereocenters. The van der Waals surface area contributed by atoms with Crippen LogP contribution in [0.2, 0.25) is 0 Å². The van der Waals surface area contributed by atoms with Crippen LogP contribution in [0.15, 0.2) is 0 Å². The predicted molar refractivity (Wildman–Crippen MR) is 62.7 cm³/mol. The van der Waals surface area contributed by atoms with Gasteiger partial charge in [-0.15, -0.1) is 0 Å². The van der Waals surface area contributed by atoms with Gasteiger partial charge in [-0.3, -0.25) is 4.79 Å². The van der Waals surface area contributed by atoms with Gasteiger partial charge in [0.15, 0.2) is 0 Å². The SMILES string of the molecule is CC1CN(C(=O)N2CCCCC2)CC1C(=O)O. The van der Waals surface area contributed by atoms with E-state index in [-0.39, 0.29) is 11.9 Å². The molecule has 0 aromatic carbocycles. The maximum atomic E-state index is 12.2. The molecule has 0 saturated carbocycles. The lowest BCUT2D eigenvalue weighted by Gasteiger charge is -2.31. The van der Waals surface area contributed by atoms with Crippen molar-refractivity contribution in [3.63, 3.8) is 0 Å². The van der Waals surface area contributed by atoms with Crippen LogP contribution in [-0.2, 0) is 4.79 Å². The fourth-order valence-electron chi connectivity index (χ4n) is 2.73. The molecule has 2 saturated heterocycles. The molecule has 0 aliphatic carbocycles. The summed E-state index contributed by atoms with van der Waals surface area (Å²) in [5.41, 5.74) is 0. The van der Waals surface area contributed by atoms with Crippen LogP contribution in [0.5, 0.6) is 0 Å². The van der Waals surface area contributed by atoms with E-state index < -0.39 is 11.9 Å². The van der Waals surface area contributed by atoms with Gasteiger partial charge in [0.2, 0.25) is 0 Å². The summed E-state index contributed by atoms with van der Waals surface area (Å²) >= 11 is 0. The molecule has 0 spiro atoms. The maximum absolute atomic E-state index is 12.2. The van der Waals surface area contributed by atoms with E-state index in [9.17, 15) is 9.59 Å². The van der Waals surface area contributed by atoms with Gasteiger partial charge in [-0.05, 0) is 25.2 Å². The highest BCUT2D eigenvalue weighted by Gasteiger charge is 2.38. The molecule has 2 aliphatic rings. The third-order valence-electron chi connectivity index (χ3n) is 3.83. The van der Waals surface area contributed by atoms with Gasteiger partial charge in [0.25, 0.3) is 0 Å². The first kappa shape index (κ1) is 12.2. The number of carboxylic acid groups (broad SMARTS) is 1. The van der Waals surface area contributed by atoms with E-state index >= 15 is 0 Å². The summed E-state index contributed by atoms with van der Waals surface area (Å²) in [6.45, 7) is 4.49. The lowest BCUT2D eigenvalue weighted by molar-refractivity contribution is -0.142. The van der Waals surface area contributed by atoms with Crippen LogP contribution in [0.25, 0.3) is 0 Å². The van der Waals surface area contributed by atoms with Crippen molar-refractivity contribution in [1.29, 1.82) is 0 Å². The zero-order valence-corrected chi connectivity index (χ0v) is 10.3. The van der Waals surface area contributed by atoms with Crippen molar-refractivity contribution in [3.05, 3.63) is 0 Å². The number of nitrogens with zero attached hydrogens (tertiary/aromatic N) is 2. The smallest absolute Gasteiger partial charge is 0.320 e. The number of piperidine rings is 1. The molecule has 2 amide bonds. The van der Waals surface area contributed by atoms with E-state index in [4.69, 9.17) is 5.11 Å². The average Bonchev–Trinajstić information content (AvgIpc) is 2.71. The Morgan fingerprint density at radius 3 is 2.24 bits per heavy atom. The van der Waals surface area contributed by atoms with Crippen molar-refractivity contribution < 1.29 is 14.7 Å². The Hall–Kier alpha value is -1.26. The second-order valence-electron chi connectivity index (χ2n) is 5.16. The molecular formula is C12H20N2O3. The zero-order valence-electron chi connectivity index (χ0n) is 10.3. The van der Waals surface area contributed by atoms with Gasteiger partial charge < -0.3 is 14.9 Å². The monoisotopic (exact) mass is 240 g/mol. The number of carbonyl (C=O) groups is 2. The van der Waals surface area contributed by atoms with Gasteiger partial charge >= 0.3 is 12.0 Å². The van der Waals surface area contributed by atoms with E-state index in [0.717, 1.165) is 25.9 Å². The number of urea groups is 1. The zero-order chi connectivity index (χ0) is 12.4. The van der Waals surface area contributed by atoms with E-state index in [1.807, 2.05) is 11.8 Å². The average molecular weight is 240 g/mol. The third kappa shape index (κ3) is 2.53. The number of carbonyl (C=O) groups excluding carboxylic acids is 1. The molecule has 0 bridgehead atoms. The van der Waals surface area contributed by atoms with E-state index in [0.29, 0.717) is 13.1 Å². The largest absolute Gasteiger partial charge is 0.481 e. The normalized spacial score (nSPS) is 29.5. The molecule has 2 rings (SSSR count). The first-order valence-electron chi connectivity index (χ1n) is 6.36. The number of rotatable bonds is 1. The van der Waals surface area contributed by atoms with Crippen LogP contribution in [0.3, 0.4) is 0 Å². The number of carboxylic acids is 1. The summed E-state index contributed by atoms with van der Waals surface area (Å²) in [5, 5.41) is 9.04. The number of hydrogen-bond acceptors (Lipinski definition) is 2. The molecule has 2 atom stereocenters. The highest BCUT2D eigenvalue weighted by atomic mass is 16.4. The molecule has 17 heavy (non-hydrogen) atoms. The Labute approximate surface area is 101 Å². The molecule has 2 heterocycles. The van der Waals surface area contributed by atoms with Crippen molar-refractivity contribution >= 4 is 12.0 Å². The molecule has 0 aromatic rings. The van der Waals surface area contributed by atoms with Gasteiger partial charge in [-0.25, -0.2) is 4.79 Å². The number of likely N-dealkylation sites (tertiary alicyclic amines) is 2. The number of amides is 2. The molecule has 0 aromatic heterocycles. The van der Waals surface area contributed by atoms with Gasteiger partial charge in [0.05, 0.1) is 5.92 Å². The Bertz CT molecular complexity index is 313. The molecule has 96 valence electrons. The van der Waals surface area contributed by atoms with Crippen LogP contribution >= 0.6 is 0 Å². The summed E-state index contributed by atoms with van der Waals surface area (Å²) in [6, 6.07) is 0.0281. The van der Waals surface area contributed by atoms with E-state index in [1.54, 1.807) is 4.90 Å². The second kappa shape index (κ2) is 4.94. The standard InChI is InChI=1S/C12H20N2O3/c1-9-7-14(8-10(9)11(15)16)12(17)13-5-3-2-4-6-13/h9-10H,2-8H2,1H3,(H,15,16). The molecule has 2 fully saturated rings. The fraction of sp³-hybridized carbons (Fsp3) is 0.833. The lowest BCUT2D eigenvalue weighted by atomic mass is 9.99. The maximum Gasteiger partial charge on any atom is 0.320 e. The summed E-state index contributed by atoms with van der Waals surface area (Å²) < 4.78 is 0. The summed E-state index contributed by atoms with van der Waals surface area (Å²) in [5.74, 6) is -1.13. The van der Waals surface area contributed by atoms with Gasteiger partial charge in [0, 0.05) is 26.2 Å². The minimum Gasteiger partial charge on any atom is -0.481 e. The quantitative estimate of drug-likeness (QED) is 0.750. The summed E-state index contributed by atoms with van der Waals surface area (Å²) in [7, 11) is 0. The van der Waals surface area contributed by atoms with Crippen LogP contribution < -0.4 is 0 Å². The molecule has 0 radical (unpaired) electrons. The predicted octanol–water partition coefficient (Wildman–Crippen LogP) is 1.24. The Kier molecular flexibility index (Phi) is 3.54. The molecule has 5 nitrogen and oxygen atoms in total. The first-order chi connectivity index (χ1) is 8.09. The van der Waals surface area contributed by atoms with Crippen molar-refractivity contribution in [3.8, 4) is 0 Å². The van der Waals surface area contributed by atoms with Crippen LogP contribution in [-0.4, -0.2) is 53.1 Å². The Morgan fingerprint density at radius 1 is 1.06 bits per heavy atom. The Balaban J connectivity index is 1.94. The van der Waals surface area contributed by atoms with Gasteiger partial charge in [-0.2, -0.15) is 0 Å². The number of hydrogen-bond donors (Lipinski definition) is 1. The van der Waals surface area contributed by atoms with Gasteiger partial charge in [-0.1, -0.05) is 6.92 Å². The number of aliphatic carboxylic acids is 1. The van der Waals surface area contributed by atoms with Gasteiger partial charge in [0.1, 0.15) is 0 Å². The minimum atomic E-state index is -0.786. The highest BCUT2D eigenvalue weighted by Crippen LogP contribution is 2.24. The van der Waals surface area contributed by atoms with Crippen molar-refractivity contribution in [2.45, 2.75) is 26.2 Å². The van der Waals surface area contributed by atoms with Crippen LogP contribution in [0.1, 0.15) is 26.2 Å². The Morgan fingerprint density at radius 2 is 1.71 bits per heavy atom. The van der Waals surface area contributed by atoms with Crippen LogP contribution in [0.4, 0.5) is 4.79 Å². The molecular weight excluding hydrogens is 220 g/mol. The molecule has 5 heteroatoms.